The van der Waals surface area contributed by atoms with Crippen molar-refractivity contribution in [2.45, 2.75) is 18.9 Å². The number of anilines is 1. The summed E-state index contributed by atoms with van der Waals surface area (Å²) in [5, 5.41) is 11.9. The predicted molar refractivity (Wildman–Crippen MR) is 75.1 cm³/mol. The number of carboxylic acid groups (broad SMARTS) is 1. The molecule has 5 atom stereocenters. The number of amides is 1. The molecule has 1 saturated heterocycles. The zero-order valence-corrected chi connectivity index (χ0v) is 11.7. The average Bonchev–Trinajstić information content (AvgIpc) is 3.08. The van der Waals surface area contributed by atoms with Crippen LogP contribution in [-0.2, 0) is 14.3 Å². The minimum Gasteiger partial charge on any atom is -0.478 e. The zero-order valence-electron chi connectivity index (χ0n) is 11.7. The molecule has 6 nitrogen and oxygen atoms in total. The predicted octanol–water partition coefficient (Wildman–Crippen LogP) is 1.52. The molecule has 1 aromatic carbocycles. The number of carboxylic acids is 1. The van der Waals surface area contributed by atoms with Crippen molar-refractivity contribution in [1.29, 1.82) is 0 Å². The van der Waals surface area contributed by atoms with Gasteiger partial charge in [0.2, 0.25) is 5.91 Å². The Balaban J connectivity index is 1.59. The van der Waals surface area contributed by atoms with Crippen LogP contribution >= 0.6 is 0 Å². The molecule has 2 saturated carbocycles. The maximum atomic E-state index is 12.6. The Kier molecular flexibility index (Phi) is 2.76. The van der Waals surface area contributed by atoms with Crippen LogP contribution in [-0.4, -0.2) is 29.1 Å². The molecule has 22 heavy (non-hydrogen) atoms. The van der Waals surface area contributed by atoms with E-state index in [1.807, 2.05) is 0 Å². The topological polar surface area (TPSA) is 92.7 Å². The summed E-state index contributed by atoms with van der Waals surface area (Å²) in [5.41, 5.74) is 0.316. The lowest BCUT2D eigenvalue weighted by Gasteiger charge is -2.23. The van der Waals surface area contributed by atoms with Crippen molar-refractivity contribution < 1.29 is 24.2 Å². The number of carbonyl (C=O) groups excluding carboxylic acids is 2. The van der Waals surface area contributed by atoms with Gasteiger partial charge in [0.15, 0.2) is 0 Å². The smallest absolute Gasteiger partial charge is 0.337 e. The number of hydrogen-bond acceptors (Lipinski definition) is 4. The number of nitrogens with one attached hydrogen (secondary N) is 1. The van der Waals surface area contributed by atoms with Crippen LogP contribution in [0.25, 0.3) is 0 Å². The largest absolute Gasteiger partial charge is 0.478 e. The zero-order chi connectivity index (χ0) is 15.4. The van der Waals surface area contributed by atoms with Gasteiger partial charge in [-0.3, -0.25) is 9.59 Å². The summed E-state index contributed by atoms with van der Waals surface area (Å²) in [6.45, 7) is 0. The third kappa shape index (κ3) is 1.76. The Hall–Kier alpha value is -2.37. The molecule has 1 amide bonds. The summed E-state index contributed by atoms with van der Waals surface area (Å²) in [4.78, 5) is 35.7. The van der Waals surface area contributed by atoms with Crippen molar-refractivity contribution in [3.63, 3.8) is 0 Å². The molecular formula is C16H15NO5. The van der Waals surface area contributed by atoms with Crippen molar-refractivity contribution in [3.05, 3.63) is 29.8 Å². The molecule has 1 aliphatic heterocycles. The molecule has 0 spiro atoms. The summed E-state index contributed by atoms with van der Waals surface area (Å²) in [7, 11) is 0. The van der Waals surface area contributed by atoms with Gasteiger partial charge in [-0.05, 0) is 30.9 Å². The Morgan fingerprint density at radius 1 is 1.23 bits per heavy atom. The number of fused-ring (bicyclic) bond motifs is 1. The van der Waals surface area contributed by atoms with Crippen LogP contribution in [0.3, 0.4) is 0 Å². The molecule has 6 heteroatoms. The Morgan fingerprint density at radius 2 is 2.00 bits per heavy atom. The lowest BCUT2D eigenvalue weighted by molar-refractivity contribution is -0.145. The average molecular weight is 301 g/mol. The van der Waals surface area contributed by atoms with Crippen LogP contribution < -0.4 is 5.32 Å². The van der Waals surface area contributed by atoms with E-state index in [1.54, 1.807) is 18.2 Å². The second kappa shape index (κ2) is 4.56. The van der Waals surface area contributed by atoms with Crippen LogP contribution in [0, 0.1) is 23.7 Å². The first-order valence-electron chi connectivity index (χ1n) is 7.40. The quantitative estimate of drug-likeness (QED) is 0.826. The molecule has 1 heterocycles. The molecule has 0 aromatic heterocycles. The number of benzene rings is 1. The molecule has 0 radical (unpaired) electrons. The van der Waals surface area contributed by atoms with Crippen molar-refractivity contribution in [2.75, 3.05) is 5.32 Å². The molecule has 114 valence electrons. The number of para-hydroxylation sites is 1. The Morgan fingerprint density at radius 3 is 2.77 bits per heavy atom. The van der Waals surface area contributed by atoms with Gasteiger partial charge in [0.1, 0.15) is 6.10 Å². The molecule has 2 bridgehead atoms. The van der Waals surface area contributed by atoms with E-state index < -0.39 is 11.9 Å². The van der Waals surface area contributed by atoms with Gasteiger partial charge in [0, 0.05) is 5.92 Å². The van der Waals surface area contributed by atoms with E-state index in [0.717, 1.165) is 12.8 Å². The van der Waals surface area contributed by atoms with E-state index in [4.69, 9.17) is 4.74 Å². The lowest BCUT2D eigenvalue weighted by Crippen LogP contribution is -2.36. The molecule has 3 fully saturated rings. The number of hydrogen-bond donors (Lipinski definition) is 2. The van der Waals surface area contributed by atoms with E-state index >= 15 is 0 Å². The standard InChI is InChI=1S/C16H15NO5/c18-14(17-10-4-2-1-3-8(10)15(19)20)12-7-5-9-11(6-7)22-16(21)13(9)12/h1-4,7,9,11-13H,5-6H2,(H,17,18)(H,19,20). The molecule has 1 aromatic rings. The summed E-state index contributed by atoms with van der Waals surface area (Å²) in [5.74, 6) is -2.10. The number of esters is 1. The molecule has 2 N–H and O–H groups in total. The van der Waals surface area contributed by atoms with Crippen LogP contribution in [0.2, 0.25) is 0 Å². The number of ether oxygens (including phenoxy) is 1. The highest BCUT2D eigenvalue weighted by Gasteiger charge is 2.63. The number of aromatic carboxylic acids is 1. The van der Waals surface area contributed by atoms with E-state index in [1.165, 1.54) is 6.07 Å². The minimum atomic E-state index is -1.09. The van der Waals surface area contributed by atoms with Gasteiger partial charge >= 0.3 is 11.9 Å². The monoisotopic (exact) mass is 301 g/mol. The van der Waals surface area contributed by atoms with Gasteiger partial charge in [-0.25, -0.2) is 4.79 Å². The summed E-state index contributed by atoms with van der Waals surface area (Å²) < 4.78 is 5.32. The van der Waals surface area contributed by atoms with Crippen LogP contribution in [0.5, 0.6) is 0 Å². The fourth-order valence-corrected chi connectivity index (χ4v) is 4.36. The fraction of sp³-hybridized carbons (Fsp3) is 0.438. The lowest BCUT2D eigenvalue weighted by atomic mass is 9.79. The van der Waals surface area contributed by atoms with Crippen molar-refractivity contribution in [1.82, 2.24) is 0 Å². The van der Waals surface area contributed by atoms with E-state index in [0.29, 0.717) is 0 Å². The summed E-state index contributed by atoms with van der Waals surface area (Å²) in [6.07, 6.45) is 1.57. The highest BCUT2D eigenvalue weighted by molar-refractivity contribution is 6.02. The number of rotatable bonds is 3. The summed E-state index contributed by atoms with van der Waals surface area (Å²) in [6, 6.07) is 6.28. The third-order valence-electron chi connectivity index (χ3n) is 5.20. The SMILES string of the molecule is O=C(O)c1ccccc1NC(=O)C1C2CC3OC(=O)C1C3C2. The first-order chi connectivity index (χ1) is 10.6. The molecule has 5 unspecified atom stereocenters. The van der Waals surface area contributed by atoms with Crippen LogP contribution in [0.15, 0.2) is 24.3 Å². The molecule has 4 rings (SSSR count). The first kappa shape index (κ1) is 13.3. The summed E-state index contributed by atoms with van der Waals surface area (Å²) >= 11 is 0. The van der Waals surface area contributed by atoms with E-state index in [-0.39, 0.29) is 47.0 Å². The van der Waals surface area contributed by atoms with E-state index in [9.17, 15) is 19.5 Å². The highest BCUT2D eigenvalue weighted by Crippen LogP contribution is 2.57. The van der Waals surface area contributed by atoms with Gasteiger partial charge < -0.3 is 15.2 Å². The normalized spacial score (nSPS) is 34.5. The van der Waals surface area contributed by atoms with Crippen molar-refractivity contribution >= 4 is 23.5 Å². The van der Waals surface area contributed by atoms with Gasteiger partial charge in [-0.15, -0.1) is 0 Å². The Labute approximate surface area is 126 Å². The third-order valence-corrected chi connectivity index (χ3v) is 5.20. The van der Waals surface area contributed by atoms with Gasteiger partial charge in [0.25, 0.3) is 0 Å². The van der Waals surface area contributed by atoms with E-state index in [2.05, 4.69) is 5.32 Å². The fourth-order valence-electron chi connectivity index (χ4n) is 4.36. The molecular weight excluding hydrogens is 286 g/mol. The van der Waals surface area contributed by atoms with Gasteiger partial charge in [0.05, 0.1) is 23.1 Å². The second-order valence-electron chi connectivity index (χ2n) is 6.26. The highest BCUT2D eigenvalue weighted by atomic mass is 16.6. The maximum absolute atomic E-state index is 12.6. The van der Waals surface area contributed by atoms with Crippen molar-refractivity contribution in [3.8, 4) is 0 Å². The Bertz CT molecular complexity index is 683. The van der Waals surface area contributed by atoms with Crippen LogP contribution in [0.4, 0.5) is 5.69 Å². The van der Waals surface area contributed by atoms with Gasteiger partial charge in [-0.1, -0.05) is 12.1 Å². The molecule has 2 aliphatic carbocycles. The number of carbonyl (C=O) groups is 3. The minimum absolute atomic E-state index is 0.0159. The second-order valence-corrected chi connectivity index (χ2v) is 6.26. The van der Waals surface area contributed by atoms with Gasteiger partial charge in [-0.2, -0.15) is 0 Å². The van der Waals surface area contributed by atoms with Crippen LogP contribution in [0.1, 0.15) is 23.2 Å². The first-order valence-corrected chi connectivity index (χ1v) is 7.40. The molecule has 3 aliphatic rings. The van der Waals surface area contributed by atoms with Crippen molar-refractivity contribution in [2.24, 2.45) is 23.7 Å². The maximum Gasteiger partial charge on any atom is 0.337 e.